The Labute approximate surface area is 83.6 Å². The topological polar surface area (TPSA) is 75.3 Å². The summed E-state index contributed by atoms with van der Waals surface area (Å²) in [5.74, 6) is 1.07. The predicted molar refractivity (Wildman–Crippen MR) is 56.2 cm³/mol. The van der Waals surface area contributed by atoms with Crippen molar-refractivity contribution in [3.63, 3.8) is 0 Å². The van der Waals surface area contributed by atoms with Crippen molar-refractivity contribution in [3.8, 4) is 0 Å². The van der Waals surface area contributed by atoms with Gasteiger partial charge in [-0.05, 0) is 13.8 Å². The Morgan fingerprint density at radius 1 is 1.57 bits per heavy atom. The highest BCUT2D eigenvalue weighted by Gasteiger charge is 2.09. The molecule has 0 bridgehead atoms. The zero-order chi connectivity index (χ0) is 10.6. The van der Waals surface area contributed by atoms with Crippen LogP contribution in [0.25, 0.3) is 0 Å². The highest BCUT2D eigenvalue weighted by atomic mass is 16.3. The summed E-state index contributed by atoms with van der Waals surface area (Å²) in [4.78, 5) is 10.0. The number of aliphatic hydroxyl groups excluding tert-OH is 1. The predicted octanol–water partition coefficient (Wildman–Crippen LogP) is 0.186. The Morgan fingerprint density at radius 2 is 2.29 bits per heavy atom. The minimum atomic E-state index is 0.108. The van der Waals surface area contributed by atoms with Gasteiger partial charge in [-0.15, -0.1) is 0 Å². The van der Waals surface area contributed by atoms with Gasteiger partial charge in [0.1, 0.15) is 5.82 Å². The van der Waals surface area contributed by atoms with E-state index in [-0.39, 0.29) is 12.6 Å². The van der Waals surface area contributed by atoms with Crippen LogP contribution >= 0.6 is 0 Å². The third-order valence-corrected chi connectivity index (χ3v) is 2.01. The highest BCUT2D eigenvalue weighted by Crippen LogP contribution is 2.15. The first kappa shape index (κ1) is 10.7. The minimum Gasteiger partial charge on any atom is -0.395 e. The van der Waals surface area contributed by atoms with E-state index in [1.54, 1.807) is 6.20 Å². The second-order valence-electron chi connectivity index (χ2n) is 3.04. The Morgan fingerprint density at radius 3 is 2.86 bits per heavy atom. The molecule has 0 aliphatic carbocycles. The maximum absolute atomic E-state index is 8.87. The molecule has 0 fully saturated rings. The first-order valence-corrected chi connectivity index (χ1v) is 4.64. The molecular formula is C9H16N4O. The van der Waals surface area contributed by atoms with Gasteiger partial charge in [0.2, 0.25) is 5.95 Å². The van der Waals surface area contributed by atoms with Gasteiger partial charge in [0.15, 0.2) is 0 Å². The molecule has 5 heteroatoms. The average molecular weight is 196 g/mol. The SMILES string of the molecule is CCN(CCO)c1nc(N)ncc1C. The molecule has 3 N–H and O–H groups in total. The van der Waals surface area contributed by atoms with Crippen molar-refractivity contribution >= 4 is 11.8 Å². The summed E-state index contributed by atoms with van der Waals surface area (Å²) in [7, 11) is 0. The fraction of sp³-hybridized carbons (Fsp3) is 0.556. The van der Waals surface area contributed by atoms with E-state index in [1.165, 1.54) is 0 Å². The summed E-state index contributed by atoms with van der Waals surface area (Å²) >= 11 is 0. The number of aryl methyl sites for hydroxylation is 1. The summed E-state index contributed by atoms with van der Waals surface area (Å²) < 4.78 is 0. The van der Waals surface area contributed by atoms with E-state index in [0.717, 1.165) is 17.9 Å². The number of nitrogens with zero attached hydrogens (tertiary/aromatic N) is 3. The van der Waals surface area contributed by atoms with Gasteiger partial charge < -0.3 is 15.7 Å². The molecule has 0 aliphatic rings. The molecule has 0 saturated heterocycles. The fourth-order valence-electron chi connectivity index (χ4n) is 1.30. The van der Waals surface area contributed by atoms with Gasteiger partial charge in [0.25, 0.3) is 0 Å². The van der Waals surface area contributed by atoms with Crippen LogP contribution in [0.3, 0.4) is 0 Å². The quantitative estimate of drug-likeness (QED) is 0.718. The van der Waals surface area contributed by atoms with Crippen molar-refractivity contribution < 1.29 is 5.11 Å². The number of nitrogen functional groups attached to an aromatic ring is 1. The number of rotatable bonds is 4. The van der Waals surface area contributed by atoms with E-state index in [9.17, 15) is 0 Å². The first-order chi connectivity index (χ1) is 6.69. The Balaban J connectivity index is 2.96. The lowest BCUT2D eigenvalue weighted by molar-refractivity contribution is 0.302. The van der Waals surface area contributed by atoms with E-state index in [0.29, 0.717) is 6.54 Å². The van der Waals surface area contributed by atoms with E-state index in [4.69, 9.17) is 10.8 Å². The second-order valence-corrected chi connectivity index (χ2v) is 3.04. The number of aromatic nitrogens is 2. The van der Waals surface area contributed by atoms with Crippen molar-refractivity contribution in [1.82, 2.24) is 9.97 Å². The van der Waals surface area contributed by atoms with E-state index in [1.807, 2.05) is 18.7 Å². The number of anilines is 2. The molecule has 0 radical (unpaired) electrons. The molecule has 0 aliphatic heterocycles. The zero-order valence-electron chi connectivity index (χ0n) is 8.56. The molecule has 1 rings (SSSR count). The summed E-state index contributed by atoms with van der Waals surface area (Å²) in [6, 6.07) is 0. The summed E-state index contributed by atoms with van der Waals surface area (Å²) in [5.41, 5.74) is 6.47. The summed E-state index contributed by atoms with van der Waals surface area (Å²) in [6.07, 6.45) is 1.69. The lowest BCUT2D eigenvalue weighted by Gasteiger charge is -2.22. The molecule has 0 amide bonds. The van der Waals surface area contributed by atoms with Gasteiger partial charge >= 0.3 is 0 Å². The van der Waals surface area contributed by atoms with Crippen LogP contribution in [0.1, 0.15) is 12.5 Å². The number of hydrogen-bond donors (Lipinski definition) is 2. The van der Waals surface area contributed by atoms with E-state index >= 15 is 0 Å². The lowest BCUT2D eigenvalue weighted by atomic mass is 10.3. The third-order valence-electron chi connectivity index (χ3n) is 2.01. The van der Waals surface area contributed by atoms with Crippen molar-refractivity contribution in [2.24, 2.45) is 0 Å². The molecule has 1 aromatic heterocycles. The Hall–Kier alpha value is -1.36. The van der Waals surface area contributed by atoms with Crippen LogP contribution in [0, 0.1) is 6.92 Å². The van der Waals surface area contributed by atoms with Crippen molar-refractivity contribution in [1.29, 1.82) is 0 Å². The molecule has 0 saturated carbocycles. The maximum Gasteiger partial charge on any atom is 0.221 e. The van der Waals surface area contributed by atoms with Gasteiger partial charge in [-0.3, -0.25) is 0 Å². The fourth-order valence-corrected chi connectivity index (χ4v) is 1.30. The van der Waals surface area contributed by atoms with Crippen LogP contribution in [-0.2, 0) is 0 Å². The molecule has 0 aromatic carbocycles. The van der Waals surface area contributed by atoms with Crippen molar-refractivity contribution in [2.45, 2.75) is 13.8 Å². The number of aliphatic hydroxyl groups is 1. The summed E-state index contributed by atoms with van der Waals surface area (Å²) in [5, 5.41) is 8.87. The van der Waals surface area contributed by atoms with Crippen LogP contribution in [-0.4, -0.2) is 34.8 Å². The molecule has 0 unspecified atom stereocenters. The third kappa shape index (κ3) is 2.32. The molecular weight excluding hydrogens is 180 g/mol. The molecule has 5 nitrogen and oxygen atoms in total. The van der Waals surface area contributed by atoms with Crippen LogP contribution in [0.5, 0.6) is 0 Å². The van der Waals surface area contributed by atoms with Gasteiger partial charge in [-0.25, -0.2) is 4.98 Å². The number of hydrogen-bond acceptors (Lipinski definition) is 5. The van der Waals surface area contributed by atoms with Gasteiger partial charge in [-0.1, -0.05) is 0 Å². The molecule has 0 atom stereocenters. The maximum atomic E-state index is 8.87. The van der Waals surface area contributed by atoms with E-state index in [2.05, 4.69) is 9.97 Å². The zero-order valence-corrected chi connectivity index (χ0v) is 8.56. The number of likely N-dealkylation sites (N-methyl/N-ethyl adjacent to an activating group) is 1. The van der Waals surface area contributed by atoms with Crippen LogP contribution in [0.4, 0.5) is 11.8 Å². The van der Waals surface area contributed by atoms with E-state index < -0.39 is 0 Å². The molecule has 1 aromatic rings. The first-order valence-electron chi connectivity index (χ1n) is 4.64. The molecule has 1 heterocycles. The van der Waals surface area contributed by atoms with Crippen molar-refractivity contribution in [2.75, 3.05) is 30.3 Å². The lowest BCUT2D eigenvalue weighted by Crippen LogP contribution is -2.28. The van der Waals surface area contributed by atoms with Crippen LogP contribution in [0.15, 0.2) is 6.20 Å². The second kappa shape index (κ2) is 4.76. The number of nitrogens with two attached hydrogens (primary N) is 1. The standard InChI is InChI=1S/C9H16N4O/c1-3-13(4-5-14)8-7(2)6-11-9(10)12-8/h6,14H,3-5H2,1-2H3,(H2,10,11,12). The Kier molecular flexibility index (Phi) is 3.64. The molecule has 78 valence electrons. The van der Waals surface area contributed by atoms with Crippen LogP contribution in [0.2, 0.25) is 0 Å². The van der Waals surface area contributed by atoms with Crippen molar-refractivity contribution in [3.05, 3.63) is 11.8 Å². The minimum absolute atomic E-state index is 0.108. The highest BCUT2D eigenvalue weighted by molar-refractivity contribution is 5.47. The monoisotopic (exact) mass is 196 g/mol. The molecule has 0 spiro atoms. The summed E-state index contributed by atoms with van der Waals surface area (Å²) in [6.45, 7) is 5.39. The Bertz CT molecular complexity index is 303. The largest absolute Gasteiger partial charge is 0.395 e. The van der Waals surface area contributed by atoms with Crippen LogP contribution < -0.4 is 10.6 Å². The van der Waals surface area contributed by atoms with Gasteiger partial charge in [0, 0.05) is 24.8 Å². The smallest absolute Gasteiger partial charge is 0.221 e. The molecule has 14 heavy (non-hydrogen) atoms. The van der Waals surface area contributed by atoms with Gasteiger partial charge in [0.05, 0.1) is 6.61 Å². The average Bonchev–Trinajstić information content (AvgIpc) is 2.18. The normalized spacial score (nSPS) is 10.2. The van der Waals surface area contributed by atoms with Gasteiger partial charge in [-0.2, -0.15) is 4.98 Å².